The fourth-order valence-corrected chi connectivity index (χ4v) is 2.78. The molecule has 0 fully saturated rings. The van der Waals surface area contributed by atoms with Gasteiger partial charge in [0, 0.05) is 6.54 Å². The van der Waals surface area contributed by atoms with Crippen LogP contribution < -0.4 is 10.1 Å². The number of hydrogen-bond acceptors (Lipinski definition) is 4. The van der Waals surface area contributed by atoms with Crippen LogP contribution in [0.5, 0.6) is 5.75 Å². The van der Waals surface area contributed by atoms with Crippen molar-refractivity contribution in [3.63, 3.8) is 0 Å². The molecule has 0 radical (unpaired) electrons. The lowest BCUT2D eigenvalue weighted by Gasteiger charge is -2.13. The Kier molecular flexibility index (Phi) is 5.17. The predicted octanol–water partition coefficient (Wildman–Crippen LogP) is 3.75. The van der Waals surface area contributed by atoms with Crippen molar-refractivity contribution in [1.29, 1.82) is 0 Å². The molecule has 2 rings (SSSR count). The molecule has 4 nitrogen and oxygen atoms in total. The van der Waals surface area contributed by atoms with Gasteiger partial charge in [-0.05, 0) is 48.1 Å². The van der Waals surface area contributed by atoms with Gasteiger partial charge in [-0.1, -0.05) is 19.1 Å². The van der Waals surface area contributed by atoms with E-state index in [0.29, 0.717) is 5.82 Å². The third-order valence-corrected chi connectivity index (χ3v) is 4.08. The van der Waals surface area contributed by atoms with Crippen LogP contribution in [0.25, 0.3) is 11.4 Å². The van der Waals surface area contributed by atoms with Gasteiger partial charge in [-0.3, -0.25) is 0 Å². The average Bonchev–Trinajstić information content (AvgIpc) is 2.49. The van der Waals surface area contributed by atoms with Gasteiger partial charge < -0.3 is 10.1 Å². The molecule has 20 heavy (non-hydrogen) atoms. The number of hydrogen-bond donors (Lipinski definition) is 1. The first-order valence-electron chi connectivity index (χ1n) is 6.64. The molecule has 106 valence electrons. The summed E-state index contributed by atoms with van der Waals surface area (Å²) < 4.78 is 6.49. The molecule has 1 aromatic heterocycles. The number of rotatable bonds is 5. The highest BCUT2D eigenvalue weighted by atomic mass is 127. The smallest absolute Gasteiger partial charge is 0.165 e. The molecule has 5 heteroatoms. The molecule has 1 heterocycles. The van der Waals surface area contributed by atoms with E-state index in [4.69, 9.17) is 4.74 Å². The van der Waals surface area contributed by atoms with Crippen LogP contribution in [0, 0.1) is 3.57 Å². The molecular formula is C15H18IN3O. The topological polar surface area (TPSA) is 47.0 Å². The maximum atomic E-state index is 5.40. The minimum Gasteiger partial charge on any atom is -0.496 e. The fourth-order valence-electron chi connectivity index (χ4n) is 1.96. The van der Waals surface area contributed by atoms with E-state index < -0.39 is 0 Å². The molecule has 0 unspecified atom stereocenters. The van der Waals surface area contributed by atoms with Crippen LogP contribution in [0.4, 0.5) is 5.82 Å². The largest absolute Gasteiger partial charge is 0.496 e. The van der Waals surface area contributed by atoms with Crippen molar-refractivity contribution in [2.24, 2.45) is 0 Å². The van der Waals surface area contributed by atoms with Crippen LogP contribution in [-0.4, -0.2) is 23.6 Å². The number of nitrogens with zero attached hydrogens (tertiary/aromatic N) is 2. The van der Waals surface area contributed by atoms with Crippen LogP contribution in [0.2, 0.25) is 0 Å². The quantitative estimate of drug-likeness (QED) is 0.799. The Hall–Kier alpha value is -1.37. The maximum absolute atomic E-state index is 5.40. The van der Waals surface area contributed by atoms with Gasteiger partial charge in [0.05, 0.1) is 21.9 Å². The van der Waals surface area contributed by atoms with Crippen LogP contribution in [0.3, 0.4) is 0 Å². The summed E-state index contributed by atoms with van der Waals surface area (Å²) in [7, 11) is 1.66. The molecule has 0 saturated carbocycles. The third-order valence-electron chi connectivity index (χ3n) is 2.95. The number of aryl methyl sites for hydroxylation is 1. The maximum Gasteiger partial charge on any atom is 0.165 e. The molecule has 1 N–H and O–H groups in total. The Morgan fingerprint density at radius 1 is 1.20 bits per heavy atom. The van der Waals surface area contributed by atoms with Crippen molar-refractivity contribution in [1.82, 2.24) is 9.97 Å². The van der Waals surface area contributed by atoms with Crippen molar-refractivity contribution in [3.8, 4) is 17.1 Å². The summed E-state index contributed by atoms with van der Waals surface area (Å²) in [6, 6.07) is 7.82. The van der Waals surface area contributed by atoms with E-state index in [1.54, 1.807) is 7.11 Å². The second-order valence-corrected chi connectivity index (χ2v) is 5.32. The summed E-state index contributed by atoms with van der Waals surface area (Å²) in [6.45, 7) is 5.00. The molecule has 0 aliphatic carbocycles. The lowest BCUT2D eigenvalue weighted by molar-refractivity contribution is 0.416. The van der Waals surface area contributed by atoms with Crippen molar-refractivity contribution >= 4 is 28.4 Å². The Bertz CT molecular complexity index is 602. The van der Waals surface area contributed by atoms with E-state index in [9.17, 15) is 0 Å². The van der Waals surface area contributed by atoms with E-state index in [0.717, 1.165) is 39.4 Å². The molecular weight excluding hydrogens is 365 g/mol. The number of anilines is 1. The summed E-state index contributed by atoms with van der Waals surface area (Å²) in [5, 5.41) is 3.30. The van der Waals surface area contributed by atoms with Gasteiger partial charge in [-0.25, -0.2) is 9.97 Å². The highest BCUT2D eigenvalue weighted by Gasteiger charge is 2.14. The van der Waals surface area contributed by atoms with Crippen LogP contribution in [-0.2, 0) is 6.42 Å². The molecule has 0 saturated heterocycles. The van der Waals surface area contributed by atoms with Gasteiger partial charge in [0.25, 0.3) is 0 Å². The van der Waals surface area contributed by atoms with E-state index in [1.165, 1.54) is 0 Å². The minimum absolute atomic E-state index is 0.704. The number of halogens is 1. The molecule has 0 aliphatic rings. The van der Waals surface area contributed by atoms with Crippen LogP contribution in [0.15, 0.2) is 24.3 Å². The molecule has 1 aromatic carbocycles. The Morgan fingerprint density at radius 2 is 1.95 bits per heavy atom. The number of ether oxygens (including phenoxy) is 1. The monoisotopic (exact) mass is 383 g/mol. The standard InChI is InChI=1S/C15H18IN3O/c1-4-11-13(16)15(17-5-2)19-14(18-11)10-8-6-7-9-12(10)20-3/h6-9H,4-5H2,1-3H3,(H,17,18,19). The average molecular weight is 383 g/mol. The minimum atomic E-state index is 0.704. The normalized spacial score (nSPS) is 10.4. The molecule has 0 aliphatic heterocycles. The number of benzene rings is 1. The summed E-state index contributed by atoms with van der Waals surface area (Å²) in [6.07, 6.45) is 0.876. The van der Waals surface area contributed by atoms with Crippen molar-refractivity contribution in [2.75, 3.05) is 19.0 Å². The Labute approximate surface area is 133 Å². The van der Waals surface area contributed by atoms with Gasteiger partial charge >= 0.3 is 0 Å². The SMILES string of the molecule is CCNc1nc(-c2ccccc2OC)nc(CC)c1I. The van der Waals surface area contributed by atoms with Crippen molar-refractivity contribution in [3.05, 3.63) is 33.5 Å². The van der Waals surface area contributed by atoms with Crippen LogP contribution >= 0.6 is 22.6 Å². The van der Waals surface area contributed by atoms with Gasteiger partial charge in [-0.15, -0.1) is 0 Å². The zero-order valence-electron chi connectivity index (χ0n) is 11.9. The Morgan fingerprint density at radius 3 is 2.60 bits per heavy atom. The number of para-hydroxylation sites is 1. The zero-order valence-corrected chi connectivity index (χ0v) is 14.1. The lowest BCUT2D eigenvalue weighted by Crippen LogP contribution is -2.08. The second kappa shape index (κ2) is 6.88. The number of methoxy groups -OCH3 is 1. The van der Waals surface area contributed by atoms with Crippen molar-refractivity contribution in [2.45, 2.75) is 20.3 Å². The fraction of sp³-hybridized carbons (Fsp3) is 0.333. The first kappa shape index (κ1) is 15.0. The number of nitrogens with one attached hydrogen (secondary N) is 1. The summed E-state index contributed by atoms with van der Waals surface area (Å²) in [4.78, 5) is 9.31. The van der Waals surface area contributed by atoms with Gasteiger partial charge in [0.15, 0.2) is 5.82 Å². The second-order valence-electron chi connectivity index (χ2n) is 4.24. The molecule has 0 atom stereocenters. The van der Waals surface area contributed by atoms with Gasteiger partial charge in [0.2, 0.25) is 0 Å². The lowest BCUT2D eigenvalue weighted by atomic mass is 10.1. The highest BCUT2D eigenvalue weighted by molar-refractivity contribution is 14.1. The summed E-state index contributed by atoms with van der Waals surface area (Å²) in [5.74, 6) is 2.38. The summed E-state index contributed by atoms with van der Waals surface area (Å²) in [5.41, 5.74) is 1.97. The van der Waals surface area contributed by atoms with E-state index in [2.05, 4.69) is 51.7 Å². The zero-order chi connectivity index (χ0) is 14.5. The van der Waals surface area contributed by atoms with Gasteiger partial charge in [-0.2, -0.15) is 0 Å². The van der Waals surface area contributed by atoms with Crippen LogP contribution in [0.1, 0.15) is 19.5 Å². The molecule has 0 amide bonds. The predicted molar refractivity (Wildman–Crippen MR) is 90.3 cm³/mol. The first-order valence-corrected chi connectivity index (χ1v) is 7.72. The van der Waals surface area contributed by atoms with E-state index in [-0.39, 0.29) is 0 Å². The molecule has 2 aromatic rings. The highest BCUT2D eigenvalue weighted by Crippen LogP contribution is 2.30. The molecule has 0 spiro atoms. The van der Waals surface area contributed by atoms with E-state index >= 15 is 0 Å². The third kappa shape index (κ3) is 3.03. The van der Waals surface area contributed by atoms with Crippen molar-refractivity contribution < 1.29 is 4.74 Å². The number of aromatic nitrogens is 2. The van der Waals surface area contributed by atoms with E-state index in [1.807, 2.05) is 24.3 Å². The summed E-state index contributed by atoms with van der Waals surface area (Å²) >= 11 is 2.30. The molecule has 0 bridgehead atoms. The van der Waals surface area contributed by atoms with Gasteiger partial charge in [0.1, 0.15) is 11.6 Å². The first-order chi connectivity index (χ1) is 9.71. The Balaban J connectivity index is 2.59.